The van der Waals surface area contributed by atoms with E-state index >= 15 is 0 Å². The van der Waals surface area contributed by atoms with Crippen molar-refractivity contribution in [1.82, 2.24) is 0 Å². The van der Waals surface area contributed by atoms with Crippen molar-refractivity contribution in [3.63, 3.8) is 0 Å². The van der Waals surface area contributed by atoms with Crippen molar-refractivity contribution in [2.45, 2.75) is 12.8 Å². The van der Waals surface area contributed by atoms with Gasteiger partial charge in [0.05, 0.1) is 12.5 Å². The Hall–Kier alpha value is -2.56. The first-order valence-electron chi connectivity index (χ1n) is 6.40. The van der Waals surface area contributed by atoms with Gasteiger partial charge < -0.3 is 14.9 Å². The van der Waals surface area contributed by atoms with Crippen LogP contribution < -0.4 is 4.74 Å². The van der Waals surface area contributed by atoms with Crippen LogP contribution in [0, 0.1) is 5.41 Å². The largest absolute Gasteiger partial charge is 0.497 e. The Morgan fingerprint density at radius 3 is 2.29 bits per heavy atom. The summed E-state index contributed by atoms with van der Waals surface area (Å²) in [5.41, 5.74) is -0.622. The molecule has 1 aromatic rings. The van der Waals surface area contributed by atoms with E-state index in [1.54, 1.807) is 24.3 Å². The lowest BCUT2D eigenvalue weighted by atomic mass is 9.67. The van der Waals surface area contributed by atoms with Crippen LogP contribution in [0.3, 0.4) is 0 Å². The van der Waals surface area contributed by atoms with Gasteiger partial charge in [0.1, 0.15) is 5.75 Å². The molecule has 0 aromatic heterocycles. The van der Waals surface area contributed by atoms with E-state index in [4.69, 9.17) is 4.74 Å². The van der Waals surface area contributed by atoms with Gasteiger partial charge in [-0.2, -0.15) is 0 Å². The summed E-state index contributed by atoms with van der Waals surface area (Å²) in [5, 5.41) is 18.9. The van der Waals surface area contributed by atoms with Crippen LogP contribution in [0.4, 0.5) is 0 Å². The monoisotopic (exact) mass is 288 g/mol. The number of rotatable bonds is 4. The molecule has 0 radical (unpaired) electrons. The number of aliphatic carboxylic acids is 2. The zero-order chi connectivity index (χ0) is 15.6. The molecule has 2 unspecified atom stereocenters. The predicted molar refractivity (Wildman–Crippen MR) is 76.3 cm³/mol. The third kappa shape index (κ3) is 2.54. The summed E-state index contributed by atoms with van der Waals surface area (Å²) in [5.74, 6) is -2.31. The van der Waals surface area contributed by atoms with Gasteiger partial charge in [0.25, 0.3) is 0 Å². The molecule has 1 aliphatic carbocycles. The molecule has 5 heteroatoms. The first-order chi connectivity index (χ1) is 9.90. The zero-order valence-electron chi connectivity index (χ0n) is 11.7. The molecule has 2 rings (SSSR count). The Bertz CT molecular complexity index is 627. The molecule has 0 amide bonds. The van der Waals surface area contributed by atoms with E-state index in [0.29, 0.717) is 11.3 Å². The van der Waals surface area contributed by atoms with E-state index < -0.39 is 23.3 Å². The Kier molecular flexibility index (Phi) is 3.84. The molecule has 0 saturated heterocycles. The lowest BCUT2D eigenvalue weighted by molar-refractivity contribution is -0.146. The molecule has 0 spiro atoms. The average molecular weight is 288 g/mol. The summed E-state index contributed by atoms with van der Waals surface area (Å²) >= 11 is 0. The summed E-state index contributed by atoms with van der Waals surface area (Å²) in [6.45, 7) is 1.52. The highest BCUT2D eigenvalue weighted by Gasteiger charge is 2.45. The average Bonchev–Trinajstić information content (AvgIpc) is 2.47. The third-order valence-corrected chi connectivity index (χ3v) is 3.79. The minimum absolute atomic E-state index is 0.0626. The quantitative estimate of drug-likeness (QED) is 0.889. The van der Waals surface area contributed by atoms with Gasteiger partial charge in [-0.3, -0.25) is 4.79 Å². The van der Waals surface area contributed by atoms with Crippen LogP contribution in [0.15, 0.2) is 48.1 Å². The van der Waals surface area contributed by atoms with Crippen molar-refractivity contribution in [2.75, 3.05) is 7.11 Å². The maximum absolute atomic E-state index is 11.7. The molecule has 21 heavy (non-hydrogen) atoms. The molecule has 0 bridgehead atoms. The Morgan fingerprint density at radius 1 is 1.19 bits per heavy atom. The fourth-order valence-electron chi connectivity index (χ4n) is 2.58. The molecule has 5 nitrogen and oxygen atoms in total. The summed E-state index contributed by atoms with van der Waals surface area (Å²) in [6, 6.07) is 6.77. The maximum Gasteiger partial charge on any atom is 0.332 e. The highest BCUT2D eigenvalue weighted by atomic mass is 16.5. The third-order valence-electron chi connectivity index (χ3n) is 3.79. The molecule has 0 heterocycles. The standard InChI is InChI=1S/C16H16O5/c1-16(15(19)20)9-3-4-12(14(17)18)13(16)10-5-7-11(21-2)8-6-10/h3-9,13H,1-2H3,(H,17,18)(H,19,20). The van der Waals surface area contributed by atoms with Crippen molar-refractivity contribution in [2.24, 2.45) is 5.41 Å². The second-order valence-corrected chi connectivity index (χ2v) is 5.08. The number of carboxylic acid groups (broad SMARTS) is 2. The summed E-state index contributed by atoms with van der Waals surface area (Å²) in [6.07, 6.45) is 4.45. The van der Waals surface area contributed by atoms with E-state index in [9.17, 15) is 19.8 Å². The molecule has 110 valence electrons. The molecule has 0 saturated carbocycles. The number of benzene rings is 1. The first-order valence-corrected chi connectivity index (χ1v) is 6.40. The minimum Gasteiger partial charge on any atom is -0.497 e. The van der Waals surface area contributed by atoms with E-state index in [1.165, 1.54) is 32.3 Å². The van der Waals surface area contributed by atoms with Gasteiger partial charge in [-0.15, -0.1) is 0 Å². The molecule has 0 fully saturated rings. The molecular formula is C16H16O5. The van der Waals surface area contributed by atoms with Crippen LogP contribution in [-0.2, 0) is 9.59 Å². The van der Waals surface area contributed by atoms with Crippen molar-refractivity contribution in [1.29, 1.82) is 0 Å². The normalized spacial score (nSPS) is 24.3. The molecule has 1 aliphatic rings. The van der Waals surface area contributed by atoms with Crippen LogP contribution in [0.25, 0.3) is 0 Å². The summed E-state index contributed by atoms with van der Waals surface area (Å²) in [4.78, 5) is 23.1. The number of methoxy groups -OCH3 is 1. The number of allylic oxidation sites excluding steroid dienone is 2. The van der Waals surface area contributed by atoms with Crippen LogP contribution in [0.1, 0.15) is 18.4 Å². The van der Waals surface area contributed by atoms with Gasteiger partial charge in [-0.05, 0) is 24.6 Å². The van der Waals surface area contributed by atoms with Crippen molar-refractivity contribution in [3.05, 3.63) is 53.6 Å². The number of hydrogen-bond donors (Lipinski definition) is 2. The van der Waals surface area contributed by atoms with Gasteiger partial charge in [-0.25, -0.2) is 4.79 Å². The SMILES string of the molecule is COc1ccc(C2C(C(=O)O)=CC=CC2(C)C(=O)O)cc1. The van der Waals surface area contributed by atoms with E-state index in [2.05, 4.69) is 0 Å². The molecule has 1 aromatic carbocycles. The number of ether oxygens (including phenoxy) is 1. The number of carbonyl (C=O) groups is 2. The zero-order valence-corrected chi connectivity index (χ0v) is 11.7. The molecular weight excluding hydrogens is 272 g/mol. The fourth-order valence-corrected chi connectivity index (χ4v) is 2.58. The first kappa shape index (κ1) is 14.8. The molecule has 2 N–H and O–H groups in total. The summed E-state index contributed by atoms with van der Waals surface area (Å²) < 4.78 is 5.07. The maximum atomic E-state index is 11.7. The van der Waals surface area contributed by atoms with Gasteiger partial charge in [0.15, 0.2) is 0 Å². The number of carboxylic acids is 2. The Balaban J connectivity index is 2.56. The molecule has 0 aliphatic heterocycles. The van der Waals surface area contributed by atoms with Crippen LogP contribution in [0.5, 0.6) is 5.75 Å². The van der Waals surface area contributed by atoms with Crippen LogP contribution in [0.2, 0.25) is 0 Å². The van der Waals surface area contributed by atoms with E-state index in [1.807, 2.05) is 0 Å². The molecule has 2 atom stereocenters. The van der Waals surface area contributed by atoms with E-state index in [0.717, 1.165) is 0 Å². The van der Waals surface area contributed by atoms with E-state index in [-0.39, 0.29) is 5.57 Å². The van der Waals surface area contributed by atoms with Gasteiger partial charge in [0.2, 0.25) is 0 Å². The smallest absolute Gasteiger partial charge is 0.332 e. The lowest BCUT2D eigenvalue weighted by Crippen LogP contribution is -2.36. The van der Waals surface area contributed by atoms with Gasteiger partial charge in [0, 0.05) is 11.5 Å². The van der Waals surface area contributed by atoms with Gasteiger partial charge in [-0.1, -0.05) is 30.4 Å². The Labute approximate surface area is 122 Å². The second kappa shape index (κ2) is 5.44. The van der Waals surface area contributed by atoms with Crippen LogP contribution in [-0.4, -0.2) is 29.3 Å². The highest BCUT2D eigenvalue weighted by molar-refractivity contribution is 5.93. The van der Waals surface area contributed by atoms with Crippen LogP contribution >= 0.6 is 0 Å². The van der Waals surface area contributed by atoms with Gasteiger partial charge >= 0.3 is 11.9 Å². The van der Waals surface area contributed by atoms with Crippen molar-refractivity contribution >= 4 is 11.9 Å². The lowest BCUT2D eigenvalue weighted by Gasteiger charge is -2.34. The highest BCUT2D eigenvalue weighted by Crippen LogP contribution is 2.45. The van der Waals surface area contributed by atoms with Crippen molar-refractivity contribution in [3.8, 4) is 5.75 Å². The second-order valence-electron chi connectivity index (χ2n) is 5.08. The minimum atomic E-state index is -1.31. The Morgan fingerprint density at radius 2 is 1.81 bits per heavy atom. The summed E-state index contributed by atoms with van der Waals surface area (Å²) in [7, 11) is 1.53. The number of hydrogen-bond acceptors (Lipinski definition) is 3. The predicted octanol–water partition coefficient (Wildman–Crippen LogP) is 2.45. The fraction of sp³-hybridized carbons (Fsp3) is 0.250. The topological polar surface area (TPSA) is 83.8 Å². The van der Waals surface area contributed by atoms with Crippen molar-refractivity contribution < 1.29 is 24.5 Å².